The number of nitrogens with one attached hydrogen (secondary N) is 2. The second kappa shape index (κ2) is 9.51. The van der Waals surface area contributed by atoms with Gasteiger partial charge in [0.15, 0.2) is 5.76 Å². The minimum atomic E-state index is -0.347. The molecule has 1 atom stereocenters. The molecule has 1 aliphatic heterocycles. The van der Waals surface area contributed by atoms with Gasteiger partial charge in [-0.05, 0) is 62.1 Å². The van der Waals surface area contributed by atoms with Gasteiger partial charge in [-0.25, -0.2) is 0 Å². The van der Waals surface area contributed by atoms with Crippen molar-refractivity contribution in [2.45, 2.75) is 32.2 Å². The van der Waals surface area contributed by atoms with E-state index in [1.54, 1.807) is 18.2 Å². The van der Waals surface area contributed by atoms with E-state index < -0.39 is 0 Å². The number of furan rings is 1. The van der Waals surface area contributed by atoms with E-state index >= 15 is 0 Å². The van der Waals surface area contributed by atoms with Crippen molar-refractivity contribution in [1.82, 2.24) is 5.32 Å². The number of piperidine rings is 1. The summed E-state index contributed by atoms with van der Waals surface area (Å²) >= 11 is 0. The zero-order valence-corrected chi connectivity index (χ0v) is 17.6. The number of hydrogen-bond acceptors (Lipinski definition) is 4. The van der Waals surface area contributed by atoms with Gasteiger partial charge in [-0.15, -0.1) is 0 Å². The topological polar surface area (TPSA) is 74.6 Å². The van der Waals surface area contributed by atoms with Gasteiger partial charge < -0.3 is 20.0 Å². The molecule has 1 unspecified atom stereocenters. The Morgan fingerprint density at radius 1 is 0.935 bits per heavy atom. The first kappa shape index (κ1) is 20.7. The van der Waals surface area contributed by atoms with Gasteiger partial charge >= 0.3 is 0 Å². The fraction of sp³-hybridized carbons (Fsp3) is 0.280. The van der Waals surface area contributed by atoms with Crippen LogP contribution in [0, 0.1) is 0 Å². The molecule has 3 aromatic rings. The summed E-state index contributed by atoms with van der Waals surface area (Å²) in [5.74, 6) is -0.283. The number of anilines is 2. The van der Waals surface area contributed by atoms with E-state index in [1.807, 2.05) is 49.4 Å². The van der Waals surface area contributed by atoms with Crippen molar-refractivity contribution in [2.75, 3.05) is 23.3 Å². The third-order valence-electron chi connectivity index (χ3n) is 5.59. The summed E-state index contributed by atoms with van der Waals surface area (Å²) < 4.78 is 5.17. The molecule has 1 saturated heterocycles. The number of benzene rings is 2. The zero-order valence-electron chi connectivity index (χ0n) is 17.6. The molecule has 2 heterocycles. The van der Waals surface area contributed by atoms with Crippen LogP contribution in [0.25, 0.3) is 0 Å². The molecule has 0 saturated carbocycles. The summed E-state index contributed by atoms with van der Waals surface area (Å²) in [7, 11) is 0. The highest BCUT2D eigenvalue weighted by Crippen LogP contribution is 2.28. The average molecular weight is 418 g/mol. The van der Waals surface area contributed by atoms with E-state index in [2.05, 4.69) is 15.5 Å². The van der Waals surface area contributed by atoms with E-state index in [-0.39, 0.29) is 23.6 Å². The molecule has 0 radical (unpaired) electrons. The molecule has 6 heteroatoms. The van der Waals surface area contributed by atoms with Gasteiger partial charge in [0.1, 0.15) is 0 Å². The number of nitrogens with zero attached hydrogens (tertiary/aromatic N) is 1. The maximum absolute atomic E-state index is 13.3. The summed E-state index contributed by atoms with van der Waals surface area (Å²) in [5.41, 5.74) is 3.05. The lowest BCUT2D eigenvalue weighted by Gasteiger charge is -2.31. The highest BCUT2D eigenvalue weighted by molar-refractivity contribution is 6.05. The lowest BCUT2D eigenvalue weighted by molar-refractivity contribution is 0.0938. The minimum Gasteiger partial charge on any atom is -0.459 e. The molecule has 1 aromatic heterocycles. The Labute approximate surface area is 182 Å². The van der Waals surface area contributed by atoms with E-state index in [0.717, 1.165) is 37.2 Å². The smallest absolute Gasteiger partial charge is 0.291 e. The molecular weight excluding hydrogens is 390 g/mol. The predicted molar refractivity (Wildman–Crippen MR) is 121 cm³/mol. The van der Waals surface area contributed by atoms with Crippen molar-refractivity contribution >= 4 is 23.2 Å². The first-order valence-corrected chi connectivity index (χ1v) is 10.7. The Balaban J connectivity index is 1.59. The molecular formula is C25H27N3O3. The van der Waals surface area contributed by atoms with Crippen LogP contribution in [-0.2, 0) is 0 Å². The maximum atomic E-state index is 13.3. The number of rotatable bonds is 6. The largest absolute Gasteiger partial charge is 0.459 e. The second-order valence-corrected chi connectivity index (χ2v) is 7.82. The first-order valence-electron chi connectivity index (χ1n) is 10.7. The molecule has 0 spiro atoms. The van der Waals surface area contributed by atoms with Crippen LogP contribution < -0.4 is 15.5 Å². The Kier molecular flexibility index (Phi) is 6.36. The molecule has 160 valence electrons. The van der Waals surface area contributed by atoms with Crippen molar-refractivity contribution in [3.8, 4) is 0 Å². The predicted octanol–water partition coefficient (Wildman–Crippen LogP) is 5.01. The Hall–Kier alpha value is -3.54. The van der Waals surface area contributed by atoms with Crippen LogP contribution >= 0.6 is 0 Å². The van der Waals surface area contributed by atoms with Crippen LogP contribution in [0.4, 0.5) is 11.4 Å². The molecule has 6 nitrogen and oxygen atoms in total. The van der Waals surface area contributed by atoms with Gasteiger partial charge in [-0.2, -0.15) is 0 Å². The minimum absolute atomic E-state index is 0.135. The van der Waals surface area contributed by atoms with Crippen LogP contribution in [0.5, 0.6) is 0 Å². The number of amides is 2. The van der Waals surface area contributed by atoms with Crippen LogP contribution in [0.3, 0.4) is 0 Å². The van der Waals surface area contributed by atoms with Crippen LogP contribution in [0.2, 0.25) is 0 Å². The highest BCUT2D eigenvalue weighted by atomic mass is 16.3. The summed E-state index contributed by atoms with van der Waals surface area (Å²) in [6.45, 7) is 3.82. The van der Waals surface area contributed by atoms with E-state index in [4.69, 9.17) is 4.42 Å². The zero-order chi connectivity index (χ0) is 21.6. The number of carbonyl (C=O) groups is 2. The highest BCUT2D eigenvalue weighted by Gasteiger charge is 2.21. The molecule has 1 fully saturated rings. The molecule has 1 aliphatic rings. The Morgan fingerprint density at radius 2 is 1.71 bits per heavy atom. The lowest BCUT2D eigenvalue weighted by atomic mass is 10.0. The second-order valence-electron chi connectivity index (χ2n) is 7.82. The monoisotopic (exact) mass is 417 g/mol. The molecule has 2 N–H and O–H groups in total. The number of hydrogen-bond donors (Lipinski definition) is 2. The fourth-order valence-electron chi connectivity index (χ4n) is 3.91. The summed E-state index contributed by atoms with van der Waals surface area (Å²) in [5, 5.41) is 5.93. The quantitative estimate of drug-likeness (QED) is 0.591. The third kappa shape index (κ3) is 4.97. The standard InChI is InChI=1S/C25H27N3O3/c1-18(19-9-4-2-5-10-19)26-24(29)21-17-20(27-25(30)23-11-8-16-31-23)12-13-22(21)28-14-6-3-7-15-28/h2,4-5,8-13,16-18H,3,6-7,14-15H2,1H3,(H,26,29)(H,27,30). The van der Waals surface area contributed by atoms with E-state index in [9.17, 15) is 9.59 Å². The van der Waals surface area contributed by atoms with Crippen molar-refractivity contribution in [3.05, 3.63) is 83.8 Å². The van der Waals surface area contributed by atoms with E-state index in [1.165, 1.54) is 12.7 Å². The maximum Gasteiger partial charge on any atom is 0.291 e. The molecule has 2 aromatic carbocycles. The molecule has 0 bridgehead atoms. The van der Waals surface area contributed by atoms with Crippen LogP contribution in [0.1, 0.15) is 58.7 Å². The molecule has 0 aliphatic carbocycles. The Bertz CT molecular complexity index is 1030. The fourth-order valence-corrected chi connectivity index (χ4v) is 3.91. The van der Waals surface area contributed by atoms with Gasteiger partial charge in [-0.1, -0.05) is 30.3 Å². The first-order chi connectivity index (χ1) is 15.1. The molecule has 31 heavy (non-hydrogen) atoms. The Morgan fingerprint density at radius 3 is 2.42 bits per heavy atom. The van der Waals surface area contributed by atoms with Crippen LogP contribution in [0.15, 0.2) is 71.3 Å². The normalized spacial score (nSPS) is 14.7. The molecule has 4 rings (SSSR count). The SMILES string of the molecule is CC(NC(=O)c1cc(NC(=O)c2ccco2)ccc1N1CCCCC1)c1ccccc1. The summed E-state index contributed by atoms with van der Waals surface area (Å²) in [6.07, 6.45) is 4.88. The van der Waals surface area contributed by atoms with Crippen molar-refractivity contribution in [3.63, 3.8) is 0 Å². The summed E-state index contributed by atoms with van der Waals surface area (Å²) in [4.78, 5) is 27.9. The van der Waals surface area contributed by atoms with Crippen LogP contribution in [-0.4, -0.2) is 24.9 Å². The van der Waals surface area contributed by atoms with Gasteiger partial charge in [0.2, 0.25) is 0 Å². The van der Waals surface area contributed by atoms with E-state index in [0.29, 0.717) is 11.3 Å². The van der Waals surface area contributed by atoms with Gasteiger partial charge in [-0.3, -0.25) is 9.59 Å². The average Bonchev–Trinajstić information content (AvgIpc) is 3.35. The van der Waals surface area contributed by atoms with Gasteiger partial charge in [0.05, 0.1) is 17.9 Å². The number of carbonyl (C=O) groups excluding carboxylic acids is 2. The van der Waals surface area contributed by atoms with Crippen molar-refractivity contribution < 1.29 is 14.0 Å². The van der Waals surface area contributed by atoms with Crippen molar-refractivity contribution in [2.24, 2.45) is 0 Å². The van der Waals surface area contributed by atoms with Gasteiger partial charge in [0.25, 0.3) is 11.8 Å². The lowest BCUT2D eigenvalue weighted by Crippen LogP contribution is -2.33. The van der Waals surface area contributed by atoms with Crippen molar-refractivity contribution in [1.29, 1.82) is 0 Å². The third-order valence-corrected chi connectivity index (χ3v) is 5.59. The summed E-state index contributed by atoms with van der Waals surface area (Å²) in [6, 6.07) is 18.5. The molecule has 2 amide bonds. The van der Waals surface area contributed by atoms with Gasteiger partial charge in [0, 0.05) is 24.5 Å².